The molecule has 0 aliphatic heterocycles. The van der Waals surface area contributed by atoms with Crippen LogP contribution >= 0.6 is 0 Å². The Morgan fingerprint density at radius 2 is 1.69 bits per heavy atom. The molecular weight excluding hydrogens is 160 g/mol. The molecule has 2 nitrogen and oxygen atoms in total. The number of anilines is 1. The number of fused-ring (bicyclic) bond motifs is 1. The molecule has 2 aromatic rings. The number of rotatable bonds is 1. The van der Waals surface area contributed by atoms with Crippen molar-refractivity contribution in [1.82, 2.24) is 0 Å². The van der Waals surface area contributed by atoms with Crippen molar-refractivity contribution in [2.24, 2.45) is 5.73 Å². The van der Waals surface area contributed by atoms with Gasteiger partial charge < -0.3 is 11.5 Å². The molecule has 0 aliphatic rings. The minimum absolute atomic E-state index is 0.574. The Balaban J connectivity index is 2.68. The zero-order valence-corrected chi connectivity index (χ0v) is 7.33. The molecule has 2 heteroatoms. The quantitative estimate of drug-likeness (QED) is 0.645. The molecule has 0 heterocycles. The second-order valence-corrected chi connectivity index (χ2v) is 3.15. The summed E-state index contributed by atoms with van der Waals surface area (Å²) in [6.07, 6.45) is 0. The highest BCUT2D eigenvalue weighted by Crippen LogP contribution is 2.18. The smallest absolute Gasteiger partial charge is 0.0320 e. The topological polar surface area (TPSA) is 52.0 Å². The maximum Gasteiger partial charge on any atom is 0.0320 e. The molecule has 0 aliphatic carbocycles. The van der Waals surface area contributed by atoms with Gasteiger partial charge in [-0.1, -0.05) is 18.2 Å². The second kappa shape index (κ2) is 3.07. The third kappa shape index (κ3) is 1.48. The van der Waals surface area contributed by atoms with Crippen LogP contribution in [0.3, 0.4) is 0 Å². The summed E-state index contributed by atoms with van der Waals surface area (Å²) in [7, 11) is 0. The molecule has 0 unspecified atom stereocenters. The van der Waals surface area contributed by atoms with Gasteiger partial charge in [0, 0.05) is 12.2 Å². The normalized spacial score (nSPS) is 10.5. The first-order chi connectivity index (χ1) is 6.29. The first kappa shape index (κ1) is 8.08. The Bertz CT molecular complexity index is 435. The van der Waals surface area contributed by atoms with E-state index in [0.717, 1.165) is 16.6 Å². The molecule has 0 aromatic heterocycles. The van der Waals surface area contributed by atoms with E-state index in [4.69, 9.17) is 11.5 Å². The fourth-order valence-electron chi connectivity index (χ4n) is 1.44. The van der Waals surface area contributed by atoms with Gasteiger partial charge in [0.15, 0.2) is 0 Å². The summed E-state index contributed by atoms with van der Waals surface area (Å²) in [6, 6.07) is 12.1. The zero-order valence-electron chi connectivity index (χ0n) is 7.33. The van der Waals surface area contributed by atoms with E-state index < -0.39 is 0 Å². The lowest BCUT2D eigenvalue weighted by molar-refractivity contribution is 1.08. The van der Waals surface area contributed by atoms with E-state index in [1.807, 2.05) is 24.3 Å². The number of benzene rings is 2. The van der Waals surface area contributed by atoms with Crippen LogP contribution in [0.2, 0.25) is 0 Å². The second-order valence-electron chi connectivity index (χ2n) is 3.15. The summed E-state index contributed by atoms with van der Waals surface area (Å²) in [6.45, 7) is 0.574. The molecule has 13 heavy (non-hydrogen) atoms. The zero-order chi connectivity index (χ0) is 9.26. The fraction of sp³-hybridized carbons (Fsp3) is 0.0909. The van der Waals surface area contributed by atoms with Crippen molar-refractivity contribution in [3.8, 4) is 0 Å². The van der Waals surface area contributed by atoms with Crippen LogP contribution in [0.25, 0.3) is 10.8 Å². The summed E-state index contributed by atoms with van der Waals surface area (Å²) >= 11 is 0. The monoisotopic (exact) mass is 172 g/mol. The van der Waals surface area contributed by atoms with Crippen molar-refractivity contribution in [2.75, 3.05) is 5.73 Å². The van der Waals surface area contributed by atoms with Crippen LogP contribution in [0, 0.1) is 0 Å². The summed E-state index contributed by atoms with van der Waals surface area (Å²) in [5.41, 5.74) is 13.2. The highest BCUT2D eigenvalue weighted by molar-refractivity contribution is 5.85. The predicted molar refractivity (Wildman–Crippen MR) is 56.3 cm³/mol. The minimum atomic E-state index is 0.574. The van der Waals surface area contributed by atoms with Gasteiger partial charge in [-0.3, -0.25) is 0 Å². The van der Waals surface area contributed by atoms with Crippen molar-refractivity contribution in [1.29, 1.82) is 0 Å². The van der Waals surface area contributed by atoms with Crippen LogP contribution in [0.5, 0.6) is 0 Å². The average Bonchev–Trinajstić information content (AvgIpc) is 2.16. The van der Waals surface area contributed by atoms with Gasteiger partial charge in [0.25, 0.3) is 0 Å². The van der Waals surface area contributed by atoms with Gasteiger partial charge >= 0.3 is 0 Å². The van der Waals surface area contributed by atoms with Crippen LogP contribution in [-0.4, -0.2) is 0 Å². The Labute approximate surface area is 77.2 Å². The standard InChI is InChI=1S/C11H12N2/c12-7-8-1-2-9-3-4-11(13)6-10(9)5-8/h1-6H,7,12-13H2. The minimum Gasteiger partial charge on any atom is -0.399 e. The summed E-state index contributed by atoms with van der Waals surface area (Å²) < 4.78 is 0. The Kier molecular flexibility index (Phi) is 1.91. The van der Waals surface area contributed by atoms with Crippen molar-refractivity contribution >= 4 is 16.5 Å². The molecule has 0 atom stereocenters. The highest BCUT2D eigenvalue weighted by atomic mass is 14.5. The highest BCUT2D eigenvalue weighted by Gasteiger charge is 1.95. The third-order valence-corrected chi connectivity index (χ3v) is 2.16. The maximum atomic E-state index is 5.68. The molecule has 2 aromatic carbocycles. The van der Waals surface area contributed by atoms with Gasteiger partial charge in [0.05, 0.1) is 0 Å². The van der Waals surface area contributed by atoms with Crippen LogP contribution in [0.4, 0.5) is 5.69 Å². The van der Waals surface area contributed by atoms with Gasteiger partial charge in [-0.25, -0.2) is 0 Å². The van der Waals surface area contributed by atoms with E-state index in [1.54, 1.807) is 0 Å². The predicted octanol–water partition coefficient (Wildman–Crippen LogP) is 1.88. The van der Waals surface area contributed by atoms with E-state index in [9.17, 15) is 0 Å². The van der Waals surface area contributed by atoms with E-state index in [2.05, 4.69) is 12.1 Å². The fourth-order valence-corrected chi connectivity index (χ4v) is 1.44. The van der Waals surface area contributed by atoms with Crippen molar-refractivity contribution in [2.45, 2.75) is 6.54 Å². The lowest BCUT2D eigenvalue weighted by Gasteiger charge is -2.01. The molecule has 0 radical (unpaired) electrons. The average molecular weight is 172 g/mol. The largest absolute Gasteiger partial charge is 0.399 e. The number of hydrogen-bond acceptors (Lipinski definition) is 2. The van der Waals surface area contributed by atoms with Gasteiger partial charge in [0.2, 0.25) is 0 Å². The molecule has 0 amide bonds. The first-order valence-corrected chi connectivity index (χ1v) is 4.28. The third-order valence-electron chi connectivity index (χ3n) is 2.16. The summed E-state index contributed by atoms with van der Waals surface area (Å²) in [5, 5.41) is 2.36. The van der Waals surface area contributed by atoms with Crippen LogP contribution in [0.1, 0.15) is 5.56 Å². The molecule has 66 valence electrons. The molecule has 0 spiro atoms. The van der Waals surface area contributed by atoms with Crippen LogP contribution < -0.4 is 11.5 Å². The lowest BCUT2D eigenvalue weighted by Crippen LogP contribution is -1.95. The molecule has 0 bridgehead atoms. The van der Waals surface area contributed by atoms with Crippen molar-refractivity contribution < 1.29 is 0 Å². The molecular formula is C11H12N2. The van der Waals surface area contributed by atoms with Gasteiger partial charge in [-0.2, -0.15) is 0 Å². The Morgan fingerprint density at radius 3 is 2.46 bits per heavy atom. The van der Waals surface area contributed by atoms with Gasteiger partial charge in [-0.05, 0) is 34.5 Å². The molecule has 0 saturated carbocycles. The SMILES string of the molecule is NCc1ccc2ccc(N)cc2c1. The molecule has 2 rings (SSSR count). The molecule has 0 fully saturated rings. The van der Waals surface area contributed by atoms with E-state index in [-0.39, 0.29) is 0 Å². The van der Waals surface area contributed by atoms with Crippen molar-refractivity contribution in [3.63, 3.8) is 0 Å². The number of nitrogens with two attached hydrogens (primary N) is 2. The summed E-state index contributed by atoms with van der Waals surface area (Å²) in [5.74, 6) is 0. The Morgan fingerprint density at radius 1 is 0.923 bits per heavy atom. The van der Waals surface area contributed by atoms with Gasteiger partial charge in [0.1, 0.15) is 0 Å². The summed E-state index contributed by atoms with van der Waals surface area (Å²) in [4.78, 5) is 0. The van der Waals surface area contributed by atoms with Crippen LogP contribution in [-0.2, 0) is 6.54 Å². The van der Waals surface area contributed by atoms with Crippen LogP contribution in [0.15, 0.2) is 36.4 Å². The lowest BCUT2D eigenvalue weighted by atomic mass is 10.1. The van der Waals surface area contributed by atoms with E-state index in [1.165, 1.54) is 5.39 Å². The van der Waals surface area contributed by atoms with Crippen molar-refractivity contribution in [3.05, 3.63) is 42.0 Å². The number of hydrogen-bond donors (Lipinski definition) is 2. The van der Waals surface area contributed by atoms with E-state index >= 15 is 0 Å². The number of nitrogen functional groups attached to an aromatic ring is 1. The Hall–Kier alpha value is -1.54. The maximum absolute atomic E-state index is 5.68. The van der Waals surface area contributed by atoms with E-state index in [0.29, 0.717) is 6.54 Å². The first-order valence-electron chi connectivity index (χ1n) is 4.28. The molecule has 0 saturated heterocycles. The molecule has 4 N–H and O–H groups in total. The van der Waals surface area contributed by atoms with Gasteiger partial charge in [-0.15, -0.1) is 0 Å².